The predicted molar refractivity (Wildman–Crippen MR) is 54.6 cm³/mol. The van der Waals surface area contributed by atoms with Gasteiger partial charge in [0.25, 0.3) is 0 Å². The molecule has 0 radical (unpaired) electrons. The van der Waals surface area contributed by atoms with E-state index in [1.54, 1.807) is 0 Å². The third kappa shape index (κ3) is 2.88. The molecule has 0 aliphatic carbocycles. The Morgan fingerprint density at radius 3 is 2.44 bits per heavy atom. The van der Waals surface area contributed by atoms with Gasteiger partial charge in [0.1, 0.15) is 5.25 Å². The lowest BCUT2D eigenvalue weighted by atomic mass is 10.3. The van der Waals surface area contributed by atoms with Crippen LogP contribution in [0.25, 0.3) is 0 Å². The van der Waals surface area contributed by atoms with Crippen LogP contribution in [0.1, 0.15) is 20.3 Å². The van der Waals surface area contributed by atoms with Crippen LogP contribution in [0.3, 0.4) is 0 Å². The van der Waals surface area contributed by atoms with Crippen LogP contribution >= 0.6 is 0 Å². The molecule has 7 heteroatoms. The van der Waals surface area contributed by atoms with Crippen molar-refractivity contribution < 1.29 is 21.9 Å². The van der Waals surface area contributed by atoms with E-state index in [2.05, 4.69) is 0 Å². The first-order chi connectivity index (χ1) is 7.21. The minimum absolute atomic E-state index is 0.229. The highest BCUT2D eigenvalue weighted by atomic mass is 32.3. The fourth-order valence-corrected chi connectivity index (χ4v) is 2.25. The second-order valence-corrected chi connectivity index (χ2v) is 5.32. The van der Waals surface area contributed by atoms with Crippen LogP contribution in [0, 0.1) is 0 Å². The fraction of sp³-hybridized carbons (Fsp3) is 0.556. The van der Waals surface area contributed by atoms with Gasteiger partial charge in [0.15, 0.2) is 5.78 Å². The first kappa shape index (κ1) is 12.8. The normalized spacial score (nSPS) is 22.7. The summed E-state index contributed by atoms with van der Waals surface area (Å²) in [5, 5.41) is -1.32. The molecule has 0 saturated carbocycles. The number of amides is 1. The summed E-state index contributed by atoms with van der Waals surface area (Å²) in [6.07, 6.45) is 0.840. The number of likely N-dealkylation sites (tertiary alicyclic amines) is 1. The average Bonchev–Trinajstić information content (AvgIpc) is 2.44. The van der Waals surface area contributed by atoms with Crippen molar-refractivity contribution in [3.8, 4) is 0 Å². The van der Waals surface area contributed by atoms with Crippen LogP contribution < -0.4 is 0 Å². The zero-order valence-corrected chi connectivity index (χ0v) is 9.75. The summed E-state index contributed by atoms with van der Waals surface area (Å²) in [5.41, 5.74) is 0.337. The molecule has 0 N–H and O–H groups in total. The molecular formula is C9H12FNO4S. The Hall–Kier alpha value is -1.24. The molecule has 0 aromatic carbocycles. The van der Waals surface area contributed by atoms with E-state index in [-0.39, 0.29) is 18.7 Å². The fourth-order valence-electron chi connectivity index (χ4n) is 1.58. The number of hydrogen-bond acceptors (Lipinski definition) is 4. The Labute approximate surface area is 93.1 Å². The predicted octanol–water partition coefficient (Wildman–Crippen LogP) is 0.379. The summed E-state index contributed by atoms with van der Waals surface area (Å²) in [5.74, 6) is -0.738. The van der Waals surface area contributed by atoms with Crippen LogP contribution in [0.5, 0.6) is 0 Å². The van der Waals surface area contributed by atoms with Crippen LogP contribution in [0.2, 0.25) is 0 Å². The number of hydrogen-bond donors (Lipinski definition) is 0. The van der Waals surface area contributed by atoms with Crippen molar-refractivity contribution in [2.24, 2.45) is 0 Å². The van der Waals surface area contributed by atoms with Crippen molar-refractivity contribution in [2.75, 3.05) is 6.54 Å². The van der Waals surface area contributed by atoms with Crippen LogP contribution in [-0.2, 0) is 19.8 Å². The van der Waals surface area contributed by atoms with Crippen LogP contribution in [0.4, 0.5) is 3.89 Å². The molecule has 0 spiro atoms. The largest absolute Gasteiger partial charge is 0.315 e. The Kier molecular flexibility index (Phi) is 3.47. The summed E-state index contributed by atoms with van der Waals surface area (Å²) in [4.78, 5) is 23.3. The van der Waals surface area contributed by atoms with E-state index in [4.69, 9.17) is 0 Å². The number of carbonyl (C=O) groups is 2. The first-order valence-electron chi connectivity index (χ1n) is 4.64. The van der Waals surface area contributed by atoms with Crippen molar-refractivity contribution in [1.29, 1.82) is 0 Å². The molecule has 1 amide bonds. The van der Waals surface area contributed by atoms with Crippen molar-refractivity contribution in [3.05, 3.63) is 11.8 Å². The molecule has 1 saturated heterocycles. The lowest BCUT2D eigenvalue weighted by molar-refractivity contribution is -0.126. The highest BCUT2D eigenvalue weighted by Crippen LogP contribution is 2.22. The molecular weight excluding hydrogens is 237 g/mol. The quantitative estimate of drug-likeness (QED) is 0.535. The maximum Gasteiger partial charge on any atom is 0.307 e. The van der Waals surface area contributed by atoms with E-state index in [1.165, 1.54) is 19.9 Å². The van der Waals surface area contributed by atoms with Crippen molar-refractivity contribution >= 4 is 21.9 Å². The zero-order valence-electron chi connectivity index (χ0n) is 8.94. The van der Waals surface area contributed by atoms with Gasteiger partial charge in [-0.1, -0.05) is 0 Å². The van der Waals surface area contributed by atoms with E-state index in [0.717, 1.165) is 4.90 Å². The van der Waals surface area contributed by atoms with Gasteiger partial charge in [-0.25, -0.2) is 0 Å². The van der Waals surface area contributed by atoms with Gasteiger partial charge in [-0.05, 0) is 13.8 Å². The molecule has 1 aliphatic rings. The molecule has 0 bridgehead atoms. The SMILES string of the molecule is CC(=O)C=C(C)N1CC(S(=O)(=O)F)CC1=O. The first-order valence-corrected chi connectivity index (χ1v) is 6.09. The molecule has 1 unspecified atom stereocenters. The van der Waals surface area contributed by atoms with Crippen molar-refractivity contribution in [2.45, 2.75) is 25.5 Å². The van der Waals surface area contributed by atoms with Gasteiger partial charge in [0.05, 0.1) is 0 Å². The Morgan fingerprint density at radius 1 is 1.50 bits per heavy atom. The topological polar surface area (TPSA) is 71.5 Å². The highest BCUT2D eigenvalue weighted by Gasteiger charge is 2.38. The minimum Gasteiger partial charge on any atom is -0.315 e. The van der Waals surface area contributed by atoms with E-state index in [0.29, 0.717) is 5.70 Å². The number of carbonyl (C=O) groups excluding carboxylic acids is 2. The lowest BCUT2D eigenvalue weighted by Gasteiger charge is -2.15. The second kappa shape index (κ2) is 4.32. The Bertz CT molecular complexity index is 454. The molecule has 0 aromatic heterocycles. The van der Waals surface area contributed by atoms with Gasteiger partial charge in [0, 0.05) is 24.7 Å². The van der Waals surface area contributed by atoms with Gasteiger partial charge in [0.2, 0.25) is 5.91 Å². The second-order valence-electron chi connectivity index (χ2n) is 3.70. The Balaban J connectivity index is 2.88. The summed E-state index contributed by atoms with van der Waals surface area (Å²) in [6.45, 7) is 2.59. The summed E-state index contributed by atoms with van der Waals surface area (Å²) >= 11 is 0. The van der Waals surface area contributed by atoms with E-state index in [1.807, 2.05) is 0 Å². The molecule has 16 heavy (non-hydrogen) atoms. The number of nitrogens with zero attached hydrogens (tertiary/aromatic N) is 1. The van der Waals surface area contributed by atoms with E-state index < -0.39 is 21.4 Å². The molecule has 1 rings (SSSR count). The molecule has 0 aromatic rings. The van der Waals surface area contributed by atoms with E-state index in [9.17, 15) is 21.9 Å². The molecule has 1 fully saturated rings. The van der Waals surface area contributed by atoms with Crippen molar-refractivity contribution in [3.63, 3.8) is 0 Å². The molecule has 1 atom stereocenters. The lowest BCUT2D eigenvalue weighted by Crippen LogP contribution is -2.26. The molecule has 1 aliphatic heterocycles. The Morgan fingerprint density at radius 2 is 2.06 bits per heavy atom. The van der Waals surface area contributed by atoms with E-state index >= 15 is 0 Å². The third-order valence-corrected chi connectivity index (χ3v) is 3.44. The van der Waals surface area contributed by atoms with Crippen LogP contribution in [-0.4, -0.2) is 36.8 Å². The van der Waals surface area contributed by atoms with Crippen molar-refractivity contribution in [1.82, 2.24) is 4.90 Å². The third-order valence-electron chi connectivity index (χ3n) is 2.33. The number of ketones is 1. The maximum atomic E-state index is 12.7. The van der Waals surface area contributed by atoms with Gasteiger partial charge in [-0.3, -0.25) is 9.59 Å². The molecule has 5 nitrogen and oxygen atoms in total. The van der Waals surface area contributed by atoms with Gasteiger partial charge < -0.3 is 4.90 Å². The van der Waals surface area contributed by atoms with Gasteiger partial charge in [-0.15, -0.1) is 3.89 Å². The number of rotatable bonds is 3. The molecule has 1 heterocycles. The summed E-state index contributed by atoms with van der Waals surface area (Å²) in [7, 11) is -4.71. The zero-order chi connectivity index (χ0) is 12.5. The smallest absolute Gasteiger partial charge is 0.307 e. The highest BCUT2D eigenvalue weighted by molar-refractivity contribution is 7.87. The number of halogens is 1. The summed E-state index contributed by atoms with van der Waals surface area (Å²) < 4.78 is 33.9. The standard InChI is InChI=1S/C9H12FNO4S/c1-6(3-7(2)12)11-5-8(4-9(11)13)16(10,14)15/h3,8H,4-5H2,1-2H3. The van der Waals surface area contributed by atoms with Gasteiger partial charge in [-0.2, -0.15) is 8.42 Å². The maximum absolute atomic E-state index is 12.7. The average molecular weight is 249 g/mol. The van der Waals surface area contributed by atoms with Gasteiger partial charge >= 0.3 is 10.2 Å². The molecule has 90 valence electrons. The summed E-state index contributed by atoms with van der Waals surface area (Å²) in [6, 6.07) is 0. The number of allylic oxidation sites excluding steroid dienone is 2. The minimum atomic E-state index is -4.71. The monoisotopic (exact) mass is 249 g/mol. The van der Waals surface area contributed by atoms with Crippen LogP contribution in [0.15, 0.2) is 11.8 Å².